The Morgan fingerprint density at radius 2 is 1.96 bits per heavy atom. The summed E-state index contributed by atoms with van der Waals surface area (Å²) in [5.41, 5.74) is 2.73. The van der Waals surface area contributed by atoms with E-state index in [2.05, 4.69) is 15.5 Å². The molecule has 7 heteroatoms. The zero-order valence-electron chi connectivity index (χ0n) is 14.2. The van der Waals surface area contributed by atoms with Crippen molar-refractivity contribution in [2.75, 3.05) is 11.9 Å². The molecule has 26 heavy (non-hydrogen) atoms. The van der Waals surface area contributed by atoms with Crippen molar-refractivity contribution >= 4 is 22.5 Å². The van der Waals surface area contributed by atoms with Crippen molar-refractivity contribution in [1.82, 2.24) is 19.3 Å². The molecule has 2 aromatic carbocycles. The average molecular weight is 347 g/mol. The van der Waals surface area contributed by atoms with Crippen LogP contribution in [0.4, 0.5) is 5.69 Å². The van der Waals surface area contributed by atoms with E-state index in [-0.39, 0.29) is 12.5 Å². The fraction of sp³-hybridized carbons (Fsp3) is 0.105. The number of hydrogen-bond donors (Lipinski definition) is 1. The molecule has 7 nitrogen and oxygen atoms in total. The molecule has 0 saturated carbocycles. The summed E-state index contributed by atoms with van der Waals surface area (Å²) in [6, 6.07) is 15.2. The predicted molar refractivity (Wildman–Crippen MR) is 98.4 cm³/mol. The number of rotatable bonds is 5. The Kier molecular flexibility index (Phi) is 4.10. The molecule has 2 aromatic heterocycles. The highest BCUT2D eigenvalue weighted by Crippen LogP contribution is 2.20. The first-order valence-electron chi connectivity index (χ1n) is 8.12. The molecule has 0 radical (unpaired) electrons. The Bertz CT molecular complexity index is 1050. The van der Waals surface area contributed by atoms with E-state index in [9.17, 15) is 4.79 Å². The van der Waals surface area contributed by atoms with Crippen LogP contribution in [0.5, 0.6) is 5.75 Å². The second kappa shape index (κ2) is 6.72. The van der Waals surface area contributed by atoms with Crippen LogP contribution >= 0.6 is 0 Å². The summed E-state index contributed by atoms with van der Waals surface area (Å²) in [4.78, 5) is 12.2. The number of nitrogens with zero attached hydrogens (tertiary/aromatic N) is 4. The van der Waals surface area contributed by atoms with Gasteiger partial charge in [-0.1, -0.05) is 6.07 Å². The monoisotopic (exact) mass is 347 g/mol. The van der Waals surface area contributed by atoms with Crippen molar-refractivity contribution < 1.29 is 9.53 Å². The second-order valence-electron chi connectivity index (χ2n) is 5.90. The maximum Gasteiger partial charge on any atom is 0.262 e. The van der Waals surface area contributed by atoms with Gasteiger partial charge in [0.05, 0.1) is 5.69 Å². The van der Waals surface area contributed by atoms with E-state index in [1.807, 2.05) is 60.3 Å². The number of fused-ring (bicyclic) bond motifs is 1. The summed E-state index contributed by atoms with van der Waals surface area (Å²) >= 11 is 0. The maximum absolute atomic E-state index is 12.2. The van der Waals surface area contributed by atoms with Crippen LogP contribution in [-0.2, 0) is 11.8 Å². The average Bonchev–Trinajstić information content (AvgIpc) is 3.31. The molecule has 0 atom stereocenters. The number of nitrogens with one attached hydrogen (secondary N) is 1. The molecule has 130 valence electrons. The Labute approximate surface area is 149 Å². The third-order valence-corrected chi connectivity index (χ3v) is 4.07. The topological polar surface area (TPSA) is 74.0 Å². The van der Waals surface area contributed by atoms with Crippen molar-refractivity contribution in [3.8, 4) is 11.4 Å². The minimum absolute atomic E-state index is 0.0710. The highest BCUT2D eigenvalue weighted by atomic mass is 16.5. The molecule has 0 spiro atoms. The van der Waals surface area contributed by atoms with E-state index in [0.717, 1.165) is 22.3 Å². The lowest BCUT2D eigenvalue weighted by Gasteiger charge is -2.09. The largest absolute Gasteiger partial charge is 0.484 e. The first-order chi connectivity index (χ1) is 12.7. The Morgan fingerprint density at radius 1 is 1.12 bits per heavy atom. The molecule has 0 aliphatic carbocycles. The van der Waals surface area contributed by atoms with Crippen molar-refractivity contribution in [3.05, 3.63) is 67.4 Å². The Balaban J connectivity index is 1.39. The number of carbonyl (C=O) groups excluding carboxylic acids is 1. The van der Waals surface area contributed by atoms with Gasteiger partial charge in [0.1, 0.15) is 18.4 Å². The molecule has 0 aliphatic heterocycles. The second-order valence-corrected chi connectivity index (χ2v) is 5.90. The minimum atomic E-state index is -0.213. The van der Waals surface area contributed by atoms with Crippen molar-refractivity contribution in [2.24, 2.45) is 7.05 Å². The zero-order chi connectivity index (χ0) is 17.9. The van der Waals surface area contributed by atoms with E-state index in [0.29, 0.717) is 5.75 Å². The summed E-state index contributed by atoms with van der Waals surface area (Å²) in [6.07, 6.45) is 5.19. The number of benzene rings is 2. The van der Waals surface area contributed by atoms with E-state index in [1.54, 1.807) is 23.3 Å². The normalized spacial score (nSPS) is 10.8. The number of ether oxygens (including phenoxy) is 1. The maximum atomic E-state index is 12.2. The van der Waals surface area contributed by atoms with Crippen molar-refractivity contribution in [3.63, 3.8) is 0 Å². The summed E-state index contributed by atoms with van der Waals surface area (Å²) in [6.45, 7) is -0.0710. The van der Waals surface area contributed by atoms with Crippen molar-refractivity contribution in [2.45, 2.75) is 0 Å². The highest BCUT2D eigenvalue weighted by molar-refractivity contribution is 5.94. The lowest BCUT2D eigenvalue weighted by molar-refractivity contribution is -0.118. The van der Waals surface area contributed by atoms with Gasteiger partial charge in [-0.05, 0) is 36.4 Å². The predicted octanol–water partition coefficient (Wildman–Crippen LogP) is 2.78. The van der Waals surface area contributed by atoms with Crippen LogP contribution in [0, 0.1) is 0 Å². The molecular weight excluding hydrogens is 330 g/mol. The van der Waals surface area contributed by atoms with Crippen LogP contribution in [0.1, 0.15) is 0 Å². The molecule has 0 fully saturated rings. The fourth-order valence-corrected chi connectivity index (χ4v) is 2.77. The van der Waals surface area contributed by atoms with Crippen LogP contribution in [0.3, 0.4) is 0 Å². The van der Waals surface area contributed by atoms with E-state index in [4.69, 9.17) is 4.74 Å². The van der Waals surface area contributed by atoms with Gasteiger partial charge < -0.3 is 14.6 Å². The van der Waals surface area contributed by atoms with Crippen LogP contribution in [0.25, 0.3) is 16.6 Å². The standard InChI is InChI=1S/C19H17N5O2/c1-23-8-7-14-9-15(5-6-18(14)23)22-19(25)11-26-17-4-2-3-16(10-17)24-12-20-21-13-24/h2-10,12-13H,11H2,1H3,(H,22,25). The lowest BCUT2D eigenvalue weighted by atomic mass is 10.2. The first kappa shape index (κ1) is 15.9. The first-order valence-corrected chi connectivity index (χ1v) is 8.12. The number of aromatic nitrogens is 4. The number of amides is 1. The summed E-state index contributed by atoms with van der Waals surface area (Å²) in [5, 5.41) is 11.5. The smallest absolute Gasteiger partial charge is 0.262 e. The van der Waals surface area contributed by atoms with E-state index >= 15 is 0 Å². The third kappa shape index (κ3) is 3.27. The molecule has 0 unspecified atom stereocenters. The molecule has 0 bridgehead atoms. The number of carbonyl (C=O) groups is 1. The van der Waals surface area contributed by atoms with E-state index < -0.39 is 0 Å². The molecule has 2 heterocycles. The van der Waals surface area contributed by atoms with Crippen LogP contribution < -0.4 is 10.1 Å². The molecule has 1 N–H and O–H groups in total. The van der Waals surface area contributed by atoms with Gasteiger partial charge in [0, 0.05) is 35.9 Å². The van der Waals surface area contributed by atoms with Gasteiger partial charge >= 0.3 is 0 Å². The molecular formula is C19H17N5O2. The SMILES string of the molecule is Cn1ccc2cc(NC(=O)COc3cccc(-n4cnnc4)c3)ccc21. The fourth-order valence-electron chi connectivity index (χ4n) is 2.77. The van der Waals surface area contributed by atoms with Gasteiger partial charge in [0.15, 0.2) is 6.61 Å². The highest BCUT2D eigenvalue weighted by Gasteiger charge is 2.06. The molecule has 4 aromatic rings. The third-order valence-electron chi connectivity index (χ3n) is 4.07. The van der Waals surface area contributed by atoms with E-state index in [1.165, 1.54) is 0 Å². The summed E-state index contributed by atoms with van der Waals surface area (Å²) in [5.74, 6) is 0.389. The lowest BCUT2D eigenvalue weighted by Crippen LogP contribution is -2.20. The van der Waals surface area contributed by atoms with Gasteiger partial charge in [-0.2, -0.15) is 0 Å². The van der Waals surface area contributed by atoms with Gasteiger partial charge in [-0.15, -0.1) is 10.2 Å². The molecule has 4 rings (SSSR count). The zero-order valence-corrected chi connectivity index (χ0v) is 14.2. The van der Waals surface area contributed by atoms with Crippen LogP contribution in [0.15, 0.2) is 67.4 Å². The minimum Gasteiger partial charge on any atom is -0.484 e. The summed E-state index contributed by atoms with van der Waals surface area (Å²) < 4.78 is 9.40. The van der Waals surface area contributed by atoms with Gasteiger partial charge in [0.2, 0.25) is 0 Å². The van der Waals surface area contributed by atoms with Crippen molar-refractivity contribution in [1.29, 1.82) is 0 Å². The Hall–Kier alpha value is -3.61. The summed E-state index contributed by atoms with van der Waals surface area (Å²) in [7, 11) is 1.99. The Morgan fingerprint density at radius 3 is 2.81 bits per heavy atom. The molecule has 1 amide bonds. The van der Waals surface area contributed by atoms with Crippen LogP contribution in [-0.4, -0.2) is 31.8 Å². The molecule has 0 aliphatic rings. The van der Waals surface area contributed by atoms with Gasteiger partial charge in [-0.25, -0.2) is 0 Å². The molecule has 0 saturated heterocycles. The number of aryl methyl sites for hydroxylation is 1. The van der Waals surface area contributed by atoms with Gasteiger partial charge in [-0.3, -0.25) is 9.36 Å². The van der Waals surface area contributed by atoms with Crippen LogP contribution in [0.2, 0.25) is 0 Å². The van der Waals surface area contributed by atoms with Gasteiger partial charge in [0.25, 0.3) is 5.91 Å². The number of hydrogen-bond acceptors (Lipinski definition) is 4. The quantitative estimate of drug-likeness (QED) is 0.602. The number of anilines is 1.